The predicted octanol–water partition coefficient (Wildman–Crippen LogP) is 4.30. The molecular weight excluding hydrogens is 519 g/mol. The largest absolute Gasteiger partial charge is 0.353 e. The van der Waals surface area contributed by atoms with Crippen LogP contribution in [0.3, 0.4) is 0 Å². The van der Waals surface area contributed by atoms with E-state index in [1.54, 1.807) is 12.1 Å². The van der Waals surface area contributed by atoms with Crippen LogP contribution < -0.4 is 10.6 Å². The van der Waals surface area contributed by atoms with Gasteiger partial charge in [0.1, 0.15) is 11.9 Å². The third kappa shape index (κ3) is 6.63. The number of carbonyl (C=O) groups excluding carboxylic acids is 3. The van der Waals surface area contributed by atoms with Gasteiger partial charge in [-0.15, -0.1) is 0 Å². The highest BCUT2D eigenvalue weighted by Crippen LogP contribution is 2.46. The smallest absolute Gasteiger partial charge is 0.245 e. The molecule has 5 fully saturated rings. The molecule has 7 nitrogen and oxygen atoms in total. The maximum Gasteiger partial charge on any atom is 0.245 e. The van der Waals surface area contributed by atoms with Gasteiger partial charge in [-0.05, 0) is 95.4 Å². The van der Waals surface area contributed by atoms with Crippen LogP contribution in [0.15, 0.2) is 24.3 Å². The number of nitrogens with zero attached hydrogens (tertiary/aromatic N) is 2. The van der Waals surface area contributed by atoms with Crippen molar-refractivity contribution < 1.29 is 18.8 Å². The van der Waals surface area contributed by atoms with E-state index < -0.39 is 11.5 Å². The summed E-state index contributed by atoms with van der Waals surface area (Å²) in [4.78, 5) is 45.5. The van der Waals surface area contributed by atoms with Gasteiger partial charge in [-0.2, -0.15) is 0 Å². The van der Waals surface area contributed by atoms with Gasteiger partial charge >= 0.3 is 0 Å². The standard InChI is InChI=1S/C33H49FN4O3/c1-22(2)35-32(41)33(25-7-5-4-6-8-25)15-17-38(18-16-33)31(40)28(20-23-9-12-26(34)13-10-23)36-30(39)27-19-24-11-14-29(27)37(3)21-24/h9-10,12-13,22,24-25,27-29H,4-8,11,14-21H2,1-3H3,(H,35,41)(H,36,39)/t24-,27-,28+,29+/m0/s1. The lowest BCUT2D eigenvalue weighted by molar-refractivity contribution is -0.147. The van der Waals surface area contributed by atoms with E-state index in [-0.39, 0.29) is 41.5 Å². The molecular formula is C33H49FN4O3. The van der Waals surface area contributed by atoms with Crippen molar-refractivity contribution in [1.29, 1.82) is 0 Å². The van der Waals surface area contributed by atoms with E-state index in [1.807, 2.05) is 18.7 Å². The highest BCUT2D eigenvalue weighted by atomic mass is 19.1. The van der Waals surface area contributed by atoms with E-state index in [0.717, 1.165) is 57.1 Å². The fourth-order valence-corrected chi connectivity index (χ4v) is 8.32. The third-order valence-electron chi connectivity index (χ3n) is 10.6. The van der Waals surface area contributed by atoms with Crippen LogP contribution in [-0.2, 0) is 20.8 Å². The highest BCUT2D eigenvalue weighted by Gasteiger charge is 2.49. The molecule has 0 spiro atoms. The van der Waals surface area contributed by atoms with Crippen LogP contribution in [0, 0.1) is 29.0 Å². The summed E-state index contributed by atoms with van der Waals surface area (Å²) < 4.78 is 13.6. The lowest BCUT2D eigenvalue weighted by Gasteiger charge is -2.48. The molecule has 0 unspecified atom stereocenters. The van der Waals surface area contributed by atoms with Gasteiger partial charge in [0.2, 0.25) is 17.7 Å². The third-order valence-corrected chi connectivity index (χ3v) is 10.6. The summed E-state index contributed by atoms with van der Waals surface area (Å²) in [7, 11) is 2.10. The molecule has 1 aromatic rings. The van der Waals surface area contributed by atoms with E-state index in [0.29, 0.717) is 44.2 Å². The maximum absolute atomic E-state index is 14.1. The summed E-state index contributed by atoms with van der Waals surface area (Å²) in [5.41, 5.74) is 0.375. The zero-order chi connectivity index (χ0) is 29.1. The van der Waals surface area contributed by atoms with E-state index in [1.165, 1.54) is 18.6 Å². The van der Waals surface area contributed by atoms with E-state index in [4.69, 9.17) is 0 Å². The lowest BCUT2D eigenvalue weighted by atomic mass is 9.63. The fraction of sp³-hybridized carbons (Fsp3) is 0.727. The van der Waals surface area contributed by atoms with Crippen molar-refractivity contribution in [1.82, 2.24) is 20.4 Å². The number of nitrogens with one attached hydrogen (secondary N) is 2. The Bertz CT molecular complexity index is 1080. The molecule has 1 aromatic carbocycles. The van der Waals surface area contributed by atoms with Crippen molar-refractivity contribution in [2.24, 2.45) is 23.2 Å². The van der Waals surface area contributed by atoms with Gasteiger partial charge < -0.3 is 20.4 Å². The minimum atomic E-state index is -0.717. The normalized spacial score (nSPS) is 27.4. The molecule has 3 amide bonds. The molecule has 41 heavy (non-hydrogen) atoms. The summed E-state index contributed by atoms with van der Waals surface area (Å²) in [6.45, 7) is 6.06. The first kappa shape index (κ1) is 30.0. The van der Waals surface area contributed by atoms with Crippen LogP contribution in [-0.4, -0.2) is 72.3 Å². The number of piperidine rings is 3. The van der Waals surface area contributed by atoms with Gasteiger partial charge in [0.15, 0.2) is 0 Å². The lowest BCUT2D eigenvalue weighted by Crippen LogP contribution is -2.60. The van der Waals surface area contributed by atoms with Crippen LogP contribution in [0.1, 0.15) is 83.6 Å². The van der Waals surface area contributed by atoms with Crippen molar-refractivity contribution >= 4 is 17.7 Å². The monoisotopic (exact) mass is 568 g/mol. The molecule has 8 heteroatoms. The van der Waals surface area contributed by atoms with Crippen LogP contribution >= 0.6 is 0 Å². The fourth-order valence-electron chi connectivity index (χ4n) is 8.32. The van der Waals surface area contributed by atoms with Gasteiger partial charge in [-0.1, -0.05) is 31.4 Å². The van der Waals surface area contributed by atoms with E-state index in [9.17, 15) is 18.8 Å². The van der Waals surface area contributed by atoms with Crippen LogP contribution in [0.2, 0.25) is 0 Å². The molecule has 0 aromatic heterocycles. The average molecular weight is 569 g/mol. The SMILES string of the molecule is CC(C)NC(=O)C1(C2CCCCC2)CCN(C(=O)[C@@H](Cc2ccc(F)cc2)NC(=O)[C@H]2C[C@@H]3CC[C@H]2N(C)C3)CC1. The van der Waals surface area contributed by atoms with E-state index in [2.05, 4.69) is 22.6 Å². The minimum absolute atomic E-state index is 0.0448. The first-order valence-corrected chi connectivity index (χ1v) is 16.0. The molecule has 226 valence electrons. The van der Waals surface area contributed by atoms with Crippen molar-refractivity contribution in [3.05, 3.63) is 35.6 Å². The zero-order valence-corrected chi connectivity index (χ0v) is 25.2. The van der Waals surface area contributed by atoms with Crippen molar-refractivity contribution in [3.8, 4) is 0 Å². The van der Waals surface area contributed by atoms with Gasteiger partial charge in [0.05, 0.1) is 11.3 Å². The zero-order valence-electron chi connectivity index (χ0n) is 25.2. The second-order valence-electron chi connectivity index (χ2n) is 13.6. The molecule has 3 saturated heterocycles. The minimum Gasteiger partial charge on any atom is -0.353 e. The van der Waals surface area contributed by atoms with Crippen LogP contribution in [0.5, 0.6) is 0 Å². The molecule has 2 N–H and O–H groups in total. The Balaban J connectivity index is 1.31. The summed E-state index contributed by atoms with van der Waals surface area (Å²) in [6, 6.07) is 5.77. The summed E-state index contributed by atoms with van der Waals surface area (Å²) in [5.74, 6) is 0.432. The maximum atomic E-state index is 14.1. The molecule has 6 rings (SSSR count). The van der Waals surface area contributed by atoms with Gasteiger partial charge in [0, 0.05) is 38.1 Å². The Kier molecular flexibility index (Phi) is 9.37. The Morgan fingerprint density at radius 3 is 2.27 bits per heavy atom. The number of fused-ring (bicyclic) bond motifs is 3. The second kappa shape index (κ2) is 12.8. The number of hydrogen-bond acceptors (Lipinski definition) is 4. The Morgan fingerprint density at radius 1 is 0.976 bits per heavy atom. The second-order valence-corrected chi connectivity index (χ2v) is 13.6. The predicted molar refractivity (Wildman–Crippen MR) is 157 cm³/mol. The molecule has 0 radical (unpaired) electrons. The number of carbonyl (C=O) groups is 3. The molecule has 4 atom stereocenters. The molecule has 3 aliphatic heterocycles. The Labute approximate surface area is 245 Å². The highest BCUT2D eigenvalue weighted by molar-refractivity contribution is 5.90. The van der Waals surface area contributed by atoms with E-state index >= 15 is 0 Å². The Hall–Kier alpha value is -2.48. The number of benzene rings is 1. The first-order valence-electron chi connectivity index (χ1n) is 16.0. The number of rotatable bonds is 8. The molecule has 2 aliphatic carbocycles. The van der Waals surface area contributed by atoms with Crippen molar-refractivity contribution in [2.45, 2.75) is 103 Å². The first-order chi connectivity index (χ1) is 19.7. The summed E-state index contributed by atoms with van der Waals surface area (Å²) in [5, 5.41) is 6.36. The number of hydrogen-bond donors (Lipinski definition) is 2. The number of amides is 3. The number of likely N-dealkylation sites (tertiary alicyclic amines) is 1. The van der Waals surface area contributed by atoms with Crippen LogP contribution in [0.4, 0.5) is 4.39 Å². The molecule has 2 bridgehead atoms. The topological polar surface area (TPSA) is 81.8 Å². The quantitative estimate of drug-likeness (QED) is 0.490. The Morgan fingerprint density at radius 2 is 1.66 bits per heavy atom. The average Bonchev–Trinajstić information content (AvgIpc) is 2.97. The van der Waals surface area contributed by atoms with Crippen molar-refractivity contribution in [3.63, 3.8) is 0 Å². The van der Waals surface area contributed by atoms with Crippen LogP contribution in [0.25, 0.3) is 0 Å². The van der Waals surface area contributed by atoms with Gasteiger partial charge in [0.25, 0.3) is 0 Å². The van der Waals surface area contributed by atoms with Gasteiger partial charge in [-0.25, -0.2) is 4.39 Å². The molecule has 2 saturated carbocycles. The van der Waals surface area contributed by atoms with Crippen molar-refractivity contribution in [2.75, 3.05) is 26.7 Å². The summed E-state index contributed by atoms with van der Waals surface area (Å²) >= 11 is 0. The molecule has 3 heterocycles. The molecule has 5 aliphatic rings. The van der Waals surface area contributed by atoms with Gasteiger partial charge in [-0.3, -0.25) is 14.4 Å². The number of halogens is 1. The summed E-state index contributed by atoms with van der Waals surface area (Å²) in [6.07, 6.45) is 10.4.